The summed E-state index contributed by atoms with van der Waals surface area (Å²) >= 11 is 0. The number of anilines is 18. The van der Waals surface area contributed by atoms with E-state index in [1.165, 1.54) is 32.8 Å². The molecule has 6 heterocycles. The largest absolute Gasteiger partial charge is 0.311 e. The second kappa shape index (κ2) is 26.8. The molecule has 0 spiro atoms. The summed E-state index contributed by atoms with van der Waals surface area (Å²) < 4.78 is 0. The van der Waals surface area contributed by atoms with E-state index in [1.807, 2.05) is 24.5 Å². The highest BCUT2D eigenvalue weighted by atomic mass is 15.2. The minimum atomic E-state index is -0.267. The van der Waals surface area contributed by atoms with E-state index in [0.717, 1.165) is 147 Å². The summed E-state index contributed by atoms with van der Waals surface area (Å²) in [5.74, 6) is 0. The highest BCUT2D eigenvalue weighted by Crippen LogP contribution is 2.55. The van der Waals surface area contributed by atoms with Crippen molar-refractivity contribution >= 4 is 149 Å². The van der Waals surface area contributed by atoms with E-state index in [-0.39, 0.29) is 13.4 Å². The molecule has 10 heteroatoms. The minimum absolute atomic E-state index is 0.267. The molecule has 0 atom stereocenters. The van der Waals surface area contributed by atoms with Gasteiger partial charge in [-0.3, -0.25) is 9.97 Å². The third-order valence-corrected chi connectivity index (χ3v) is 22.2. The van der Waals surface area contributed by atoms with Crippen LogP contribution in [0.3, 0.4) is 0 Å². The molecule has 8 nitrogen and oxygen atoms in total. The van der Waals surface area contributed by atoms with Crippen molar-refractivity contribution in [2.75, 3.05) is 29.4 Å². The lowest BCUT2D eigenvalue weighted by Gasteiger charge is -2.48. The van der Waals surface area contributed by atoms with Crippen molar-refractivity contribution in [3.8, 4) is 44.8 Å². The predicted octanol–water partition coefficient (Wildman–Crippen LogP) is 22.2. The van der Waals surface area contributed by atoms with Gasteiger partial charge in [-0.25, -0.2) is 0 Å². The van der Waals surface area contributed by atoms with Crippen molar-refractivity contribution in [2.24, 2.45) is 0 Å². The maximum absolute atomic E-state index is 5.04. The molecule has 0 aliphatic carbocycles. The molecule has 110 heavy (non-hydrogen) atoms. The van der Waals surface area contributed by atoms with E-state index in [4.69, 9.17) is 9.97 Å². The van der Waals surface area contributed by atoms with Gasteiger partial charge < -0.3 is 29.4 Å². The fourth-order valence-corrected chi connectivity index (χ4v) is 17.7. The van der Waals surface area contributed by atoms with Gasteiger partial charge in [-0.2, -0.15) is 0 Å². The number of rotatable bonds is 14. The standard InChI is InChI=1S/C100H68B2N8/c1-7-35-69(36-8-1)77-47-19-25-55-87(77)109-91-59-29-23-51-81(91)101-83-67-84-94(68-93(83)107(73-43-15-5-16-44-73)95-63-75(65-97(109)99(95)101)105(71-39-11-3-12-40-71)89-57-27-21-49-79(89)85-53-31-33-61-103-85)108(74-45-17-6-18-46-74)96-64-76(106(72-41-13-4-14-42-72)90-58-28-22-50-80(90)86-54-32-34-62-104-86)66-98-100(96)102(84)82-52-24-30-60-92(82)110(98)88-56-26-20-48-78(88)70-37-9-2-10-38-70/h1-68H. The summed E-state index contributed by atoms with van der Waals surface area (Å²) in [7, 11) is 0. The Morgan fingerprint density at radius 1 is 0.209 bits per heavy atom. The molecule has 17 aromatic rings. The SMILES string of the molecule is c1ccc(-c2ccccc2N2c3ccccc3B3c4cc5c(cc4N(c4ccccc4)c4cc(N(c6ccccc6)c6ccccc6-c6ccccn6)cc2c43)N(c2ccccc2)c2cc(N(c3ccccc3)c3ccccc3-c3ccccn3)cc3c2B5c2ccccc2N3c2ccccc2-c2ccccc2)cc1. The van der Waals surface area contributed by atoms with Crippen LogP contribution in [0.5, 0.6) is 0 Å². The first-order valence-electron chi connectivity index (χ1n) is 37.7. The second-order valence-electron chi connectivity index (χ2n) is 28.3. The monoisotopic (exact) mass is 1400 g/mol. The smallest absolute Gasteiger partial charge is 0.252 e. The van der Waals surface area contributed by atoms with Crippen molar-refractivity contribution in [1.82, 2.24) is 9.97 Å². The number of para-hydroxylation sites is 10. The molecule has 0 N–H and O–H groups in total. The average Bonchev–Trinajstić information content (AvgIpc) is 0.681. The van der Waals surface area contributed by atoms with Gasteiger partial charge in [-0.1, -0.05) is 261 Å². The zero-order chi connectivity index (χ0) is 72.6. The third-order valence-electron chi connectivity index (χ3n) is 22.2. The first-order chi connectivity index (χ1) is 54.7. The van der Waals surface area contributed by atoms with Gasteiger partial charge in [0.05, 0.1) is 45.5 Å². The molecule has 0 radical (unpaired) electrons. The van der Waals surface area contributed by atoms with Crippen LogP contribution in [-0.2, 0) is 0 Å². The Hall–Kier alpha value is -14.5. The minimum Gasteiger partial charge on any atom is -0.311 e. The van der Waals surface area contributed by atoms with Gasteiger partial charge in [0.25, 0.3) is 13.4 Å². The van der Waals surface area contributed by atoms with E-state index in [0.29, 0.717) is 0 Å². The quantitative estimate of drug-likeness (QED) is 0.0998. The maximum Gasteiger partial charge on any atom is 0.252 e. The van der Waals surface area contributed by atoms with Crippen LogP contribution >= 0.6 is 0 Å². The normalized spacial score (nSPS) is 12.6. The van der Waals surface area contributed by atoms with Gasteiger partial charge >= 0.3 is 0 Å². The molecule has 0 fully saturated rings. The van der Waals surface area contributed by atoms with E-state index in [1.54, 1.807) is 0 Å². The molecule has 2 aromatic heterocycles. The van der Waals surface area contributed by atoms with Gasteiger partial charge in [-0.15, -0.1) is 0 Å². The Morgan fingerprint density at radius 2 is 0.527 bits per heavy atom. The van der Waals surface area contributed by atoms with E-state index in [9.17, 15) is 0 Å². The van der Waals surface area contributed by atoms with Crippen molar-refractivity contribution < 1.29 is 0 Å². The van der Waals surface area contributed by atoms with Crippen LogP contribution in [0.4, 0.5) is 102 Å². The first-order valence-corrected chi connectivity index (χ1v) is 37.7. The molecule has 4 aliphatic heterocycles. The molecule has 21 rings (SSSR count). The van der Waals surface area contributed by atoms with Crippen molar-refractivity contribution in [2.45, 2.75) is 0 Å². The van der Waals surface area contributed by atoms with Crippen LogP contribution < -0.4 is 62.2 Å². The zero-order valence-electron chi connectivity index (χ0n) is 60.0. The number of pyridine rings is 2. The Morgan fingerprint density at radius 3 is 0.918 bits per heavy atom. The van der Waals surface area contributed by atoms with Crippen LogP contribution in [0.15, 0.2) is 413 Å². The van der Waals surface area contributed by atoms with Crippen LogP contribution in [0.25, 0.3) is 44.8 Å². The maximum atomic E-state index is 5.04. The van der Waals surface area contributed by atoms with E-state index < -0.39 is 0 Å². The molecule has 514 valence electrons. The highest BCUT2D eigenvalue weighted by Gasteiger charge is 2.49. The third kappa shape index (κ3) is 10.5. The number of aromatic nitrogens is 2. The molecule has 0 saturated carbocycles. The summed E-state index contributed by atoms with van der Waals surface area (Å²) in [5.41, 5.74) is 34.5. The Kier molecular flexibility index (Phi) is 15.6. The Bertz CT molecular complexity index is 5960. The molecule has 0 amide bonds. The molecule has 15 aromatic carbocycles. The number of hydrogen-bond acceptors (Lipinski definition) is 8. The lowest BCUT2D eigenvalue weighted by atomic mass is 9.30. The van der Waals surface area contributed by atoms with Gasteiger partial charge in [0.2, 0.25) is 0 Å². The van der Waals surface area contributed by atoms with Crippen molar-refractivity contribution in [1.29, 1.82) is 0 Å². The van der Waals surface area contributed by atoms with Crippen molar-refractivity contribution in [3.63, 3.8) is 0 Å². The predicted molar refractivity (Wildman–Crippen MR) is 461 cm³/mol. The number of benzene rings is 15. The lowest BCUT2D eigenvalue weighted by molar-refractivity contribution is 1.21. The summed E-state index contributed by atoms with van der Waals surface area (Å²) in [5, 5.41) is 0. The number of fused-ring (bicyclic) bond motifs is 8. The summed E-state index contributed by atoms with van der Waals surface area (Å²) in [6.45, 7) is -0.534. The molecule has 0 bridgehead atoms. The average molecular weight is 1400 g/mol. The van der Waals surface area contributed by atoms with Crippen LogP contribution in [-0.4, -0.2) is 23.4 Å². The van der Waals surface area contributed by atoms with E-state index in [2.05, 4.69) is 418 Å². The fourth-order valence-electron chi connectivity index (χ4n) is 17.7. The summed E-state index contributed by atoms with van der Waals surface area (Å²) in [4.78, 5) is 25.3. The fraction of sp³-hybridized carbons (Fsp3) is 0. The van der Waals surface area contributed by atoms with Crippen LogP contribution in [0.2, 0.25) is 0 Å². The number of nitrogens with zero attached hydrogens (tertiary/aromatic N) is 8. The van der Waals surface area contributed by atoms with Crippen LogP contribution in [0, 0.1) is 0 Å². The molecule has 0 unspecified atom stereocenters. The van der Waals surface area contributed by atoms with Crippen LogP contribution in [0.1, 0.15) is 0 Å². The molecular formula is C100H68B2N8. The van der Waals surface area contributed by atoms with E-state index >= 15 is 0 Å². The van der Waals surface area contributed by atoms with Gasteiger partial charge in [0.15, 0.2) is 0 Å². The topological polar surface area (TPSA) is 45.2 Å². The zero-order valence-corrected chi connectivity index (χ0v) is 60.0. The Labute approximate surface area is 641 Å². The van der Waals surface area contributed by atoms with Gasteiger partial charge in [0.1, 0.15) is 0 Å². The lowest BCUT2D eigenvalue weighted by Crippen LogP contribution is -2.65. The van der Waals surface area contributed by atoms with Gasteiger partial charge in [0, 0.05) is 103 Å². The number of hydrogen-bond donors (Lipinski definition) is 0. The van der Waals surface area contributed by atoms with Crippen molar-refractivity contribution in [3.05, 3.63) is 413 Å². The highest BCUT2D eigenvalue weighted by molar-refractivity contribution is 7.03. The second-order valence-corrected chi connectivity index (χ2v) is 28.3. The summed E-state index contributed by atoms with van der Waals surface area (Å²) in [6, 6.07) is 147. The summed E-state index contributed by atoms with van der Waals surface area (Å²) in [6.07, 6.45) is 3.78. The molecular weight excluding hydrogens is 1330 g/mol. The van der Waals surface area contributed by atoms with Gasteiger partial charge in [-0.05, 0) is 183 Å². The Balaban J connectivity index is 0.884. The molecule has 4 aliphatic rings. The first kappa shape index (κ1) is 64.0. The molecule has 0 saturated heterocycles.